The number of hydrogen-bond acceptors (Lipinski definition) is 2. The molecule has 2 atom stereocenters. The molecule has 2 rings (SSSR count). The van der Waals surface area contributed by atoms with E-state index in [1.165, 1.54) is 19.4 Å². The second-order valence-electron chi connectivity index (χ2n) is 7.30. The molecule has 2 heteroatoms. The van der Waals surface area contributed by atoms with Crippen molar-refractivity contribution in [2.75, 3.05) is 13.1 Å². The third-order valence-electron chi connectivity index (χ3n) is 5.26. The molecule has 1 aliphatic carbocycles. The molecule has 2 nitrogen and oxygen atoms in total. The summed E-state index contributed by atoms with van der Waals surface area (Å²) < 4.78 is 0. The quantitative estimate of drug-likeness (QED) is 0.765. The molecule has 18 heavy (non-hydrogen) atoms. The van der Waals surface area contributed by atoms with Gasteiger partial charge in [-0.2, -0.15) is 0 Å². The smallest absolute Gasteiger partial charge is 0.137 e. The molecule has 0 radical (unpaired) electrons. The van der Waals surface area contributed by atoms with Crippen molar-refractivity contribution >= 4 is 5.78 Å². The molecule has 0 bridgehead atoms. The van der Waals surface area contributed by atoms with E-state index in [1.807, 2.05) is 0 Å². The molecule has 0 aromatic carbocycles. The fourth-order valence-corrected chi connectivity index (χ4v) is 3.70. The minimum Gasteiger partial charge on any atom is -0.299 e. The number of Topliss-reactive ketones (excluding diaryl/α,β-unsaturated/α-hetero) is 1. The highest BCUT2D eigenvalue weighted by molar-refractivity contribution is 5.82. The first-order valence-corrected chi connectivity index (χ1v) is 7.68. The van der Waals surface area contributed by atoms with Gasteiger partial charge in [0, 0.05) is 24.4 Å². The van der Waals surface area contributed by atoms with E-state index in [1.54, 1.807) is 0 Å². The second kappa shape index (κ2) is 5.32. The number of likely N-dealkylation sites (tertiary alicyclic amines) is 1. The number of carbonyl (C=O) groups excluding carboxylic acids is 1. The SMILES string of the molecule is CC(C)C1CCC(=O)C(CN2CCCC2(C)C)C1. The standard InChI is InChI=1S/C16H29NO/c1-12(2)13-6-7-15(18)14(10-13)11-17-9-5-8-16(17,3)4/h12-14H,5-11H2,1-4H3. The Balaban J connectivity index is 1.96. The maximum Gasteiger partial charge on any atom is 0.137 e. The molecule has 2 aliphatic rings. The molecular weight excluding hydrogens is 222 g/mol. The van der Waals surface area contributed by atoms with Crippen molar-refractivity contribution in [2.24, 2.45) is 17.8 Å². The van der Waals surface area contributed by atoms with Gasteiger partial charge < -0.3 is 0 Å². The fourth-order valence-electron chi connectivity index (χ4n) is 3.70. The van der Waals surface area contributed by atoms with E-state index in [-0.39, 0.29) is 0 Å². The van der Waals surface area contributed by atoms with E-state index >= 15 is 0 Å². The highest BCUT2D eigenvalue weighted by Gasteiger charge is 2.37. The number of ketones is 1. The second-order valence-corrected chi connectivity index (χ2v) is 7.30. The first-order chi connectivity index (χ1) is 8.40. The zero-order valence-electron chi connectivity index (χ0n) is 12.5. The van der Waals surface area contributed by atoms with Gasteiger partial charge in [-0.25, -0.2) is 0 Å². The summed E-state index contributed by atoms with van der Waals surface area (Å²) in [5.74, 6) is 2.32. The highest BCUT2D eigenvalue weighted by atomic mass is 16.1. The minimum atomic E-state index is 0.309. The summed E-state index contributed by atoms with van der Waals surface area (Å²) in [4.78, 5) is 14.7. The van der Waals surface area contributed by atoms with Gasteiger partial charge in [-0.05, 0) is 57.9 Å². The summed E-state index contributed by atoms with van der Waals surface area (Å²) >= 11 is 0. The summed E-state index contributed by atoms with van der Waals surface area (Å²) in [6.45, 7) is 11.5. The number of nitrogens with zero attached hydrogens (tertiary/aromatic N) is 1. The highest BCUT2D eigenvalue weighted by Crippen LogP contribution is 2.35. The molecule has 104 valence electrons. The van der Waals surface area contributed by atoms with Gasteiger partial charge in [-0.3, -0.25) is 9.69 Å². The van der Waals surface area contributed by atoms with Crippen molar-refractivity contribution in [3.63, 3.8) is 0 Å². The number of carbonyl (C=O) groups is 1. The van der Waals surface area contributed by atoms with E-state index in [0.717, 1.165) is 37.6 Å². The predicted octanol–water partition coefficient (Wildman–Crippen LogP) is 3.50. The topological polar surface area (TPSA) is 20.3 Å². The zero-order valence-corrected chi connectivity index (χ0v) is 12.5. The van der Waals surface area contributed by atoms with Crippen LogP contribution in [0.2, 0.25) is 0 Å². The Bertz CT molecular complexity index is 308. The van der Waals surface area contributed by atoms with Crippen molar-refractivity contribution in [3.05, 3.63) is 0 Å². The summed E-state index contributed by atoms with van der Waals surface area (Å²) in [7, 11) is 0. The Kier molecular flexibility index (Phi) is 4.15. The molecule has 1 saturated carbocycles. The van der Waals surface area contributed by atoms with Crippen LogP contribution in [0.25, 0.3) is 0 Å². The molecule has 0 aromatic rings. The largest absolute Gasteiger partial charge is 0.299 e. The lowest BCUT2D eigenvalue weighted by molar-refractivity contribution is -0.127. The van der Waals surface area contributed by atoms with E-state index in [0.29, 0.717) is 17.2 Å². The monoisotopic (exact) mass is 251 g/mol. The molecule has 1 heterocycles. The number of hydrogen-bond donors (Lipinski definition) is 0. The Labute approximate surface area is 112 Å². The van der Waals surface area contributed by atoms with Gasteiger partial charge in [0.2, 0.25) is 0 Å². The van der Waals surface area contributed by atoms with Crippen LogP contribution >= 0.6 is 0 Å². The molecule has 0 amide bonds. The van der Waals surface area contributed by atoms with E-state index < -0.39 is 0 Å². The average Bonchev–Trinajstić information content (AvgIpc) is 2.61. The lowest BCUT2D eigenvalue weighted by atomic mass is 9.75. The first-order valence-electron chi connectivity index (χ1n) is 7.68. The van der Waals surface area contributed by atoms with Crippen LogP contribution in [0.15, 0.2) is 0 Å². The van der Waals surface area contributed by atoms with Crippen LogP contribution in [0, 0.1) is 17.8 Å². The van der Waals surface area contributed by atoms with Gasteiger partial charge in [0.15, 0.2) is 0 Å². The van der Waals surface area contributed by atoms with Crippen molar-refractivity contribution in [2.45, 2.75) is 65.3 Å². The fraction of sp³-hybridized carbons (Fsp3) is 0.938. The van der Waals surface area contributed by atoms with Crippen molar-refractivity contribution in [1.29, 1.82) is 0 Å². The van der Waals surface area contributed by atoms with Crippen molar-refractivity contribution < 1.29 is 4.79 Å². The molecule has 0 N–H and O–H groups in total. The molecule has 0 aromatic heterocycles. The summed E-state index contributed by atoms with van der Waals surface area (Å²) in [5.41, 5.74) is 0.311. The normalized spacial score (nSPS) is 33.3. The van der Waals surface area contributed by atoms with E-state index in [4.69, 9.17) is 0 Å². The third-order valence-corrected chi connectivity index (χ3v) is 5.26. The predicted molar refractivity (Wildman–Crippen MR) is 75.6 cm³/mol. The molecule has 1 aliphatic heterocycles. The third kappa shape index (κ3) is 2.96. The lowest BCUT2D eigenvalue weighted by Crippen LogP contribution is -2.44. The molecule has 2 fully saturated rings. The molecule has 2 unspecified atom stereocenters. The van der Waals surface area contributed by atoms with E-state index in [9.17, 15) is 4.79 Å². The van der Waals surface area contributed by atoms with Gasteiger partial charge in [-0.15, -0.1) is 0 Å². The van der Waals surface area contributed by atoms with Crippen LogP contribution in [-0.2, 0) is 4.79 Å². The van der Waals surface area contributed by atoms with Gasteiger partial charge >= 0.3 is 0 Å². The summed E-state index contributed by atoms with van der Waals surface area (Å²) in [5, 5.41) is 0. The average molecular weight is 251 g/mol. The molecule has 1 saturated heterocycles. The maximum absolute atomic E-state index is 12.1. The van der Waals surface area contributed by atoms with Crippen molar-refractivity contribution in [1.82, 2.24) is 4.90 Å². The van der Waals surface area contributed by atoms with Crippen molar-refractivity contribution in [3.8, 4) is 0 Å². The lowest BCUT2D eigenvalue weighted by Gasteiger charge is -2.37. The van der Waals surface area contributed by atoms with Crippen LogP contribution in [0.1, 0.15) is 59.8 Å². The Morgan fingerprint density at radius 2 is 2.11 bits per heavy atom. The van der Waals surface area contributed by atoms with Crippen LogP contribution < -0.4 is 0 Å². The zero-order chi connectivity index (χ0) is 13.3. The van der Waals surface area contributed by atoms with Crippen LogP contribution in [0.5, 0.6) is 0 Å². The van der Waals surface area contributed by atoms with Crippen LogP contribution in [-0.4, -0.2) is 29.3 Å². The van der Waals surface area contributed by atoms with Gasteiger partial charge in [0.05, 0.1) is 0 Å². The van der Waals surface area contributed by atoms with Gasteiger partial charge in [0.25, 0.3) is 0 Å². The summed E-state index contributed by atoms with van der Waals surface area (Å²) in [6.07, 6.45) is 5.64. The summed E-state index contributed by atoms with van der Waals surface area (Å²) in [6, 6.07) is 0. The Hall–Kier alpha value is -0.370. The van der Waals surface area contributed by atoms with Gasteiger partial charge in [-0.1, -0.05) is 13.8 Å². The first kappa shape index (κ1) is 14.0. The molecule has 0 spiro atoms. The number of rotatable bonds is 3. The van der Waals surface area contributed by atoms with Crippen LogP contribution in [0.3, 0.4) is 0 Å². The van der Waals surface area contributed by atoms with E-state index in [2.05, 4.69) is 32.6 Å². The molecular formula is C16H29NO. The Morgan fingerprint density at radius 1 is 1.39 bits per heavy atom. The minimum absolute atomic E-state index is 0.309. The maximum atomic E-state index is 12.1. The van der Waals surface area contributed by atoms with Crippen LogP contribution in [0.4, 0.5) is 0 Å². The van der Waals surface area contributed by atoms with Gasteiger partial charge in [0.1, 0.15) is 5.78 Å². The Morgan fingerprint density at radius 3 is 2.67 bits per heavy atom.